The molecule has 0 saturated heterocycles. The molecule has 3 rings (SSSR count). The summed E-state index contributed by atoms with van der Waals surface area (Å²) in [5.41, 5.74) is 2.55. The summed E-state index contributed by atoms with van der Waals surface area (Å²) in [5, 5.41) is 11.9. The summed E-state index contributed by atoms with van der Waals surface area (Å²) < 4.78 is 10.8. The molecule has 1 amide bonds. The summed E-state index contributed by atoms with van der Waals surface area (Å²) >= 11 is 0. The average molecular weight is 363 g/mol. The van der Waals surface area contributed by atoms with Gasteiger partial charge in [-0.05, 0) is 41.5 Å². The van der Waals surface area contributed by atoms with Crippen molar-refractivity contribution in [2.75, 3.05) is 19.0 Å². The van der Waals surface area contributed by atoms with Crippen LogP contribution in [0.3, 0.4) is 0 Å². The van der Waals surface area contributed by atoms with Gasteiger partial charge in [-0.2, -0.15) is 0 Å². The molecule has 6 nitrogen and oxygen atoms in total. The first-order valence-electron chi connectivity index (χ1n) is 8.15. The average Bonchev–Trinajstić information content (AvgIpc) is 3.08. The monoisotopic (exact) mass is 363 g/mol. The topological polar surface area (TPSA) is 84.9 Å². The lowest BCUT2D eigenvalue weighted by Gasteiger charge is -2.11. The first-order chi connectivity index (χ1) is 13.0. The summed E-state index contributed by atoms with van der Waals surface area (Å²) in [6, 6.07) is 9.85. The van der Waals surface area contributed by atoms with Crippen LogP contribution in [0.5, 0.6) is 11.5 Å². The zero-order chi connectivity index (χ0) is 19.4. The van der Waals surface area contributed by atoms with Crippen LogP contribution in [0.25, 0.3) is 6.08 Å². The van der Waals surface area contributed by atoms with Crippen molar-refractivity contribution in [2.24, 2.45) is 0 Å². The van der Waals surface area contributed by atoms with Crippen molar-refractivity contribution in [3.8, 4) is 23.8 Å². The van der Waals surface area contributed by atoms with Crippen LogP contribution in [-0.2, 0) is 11.2 Å². The molecule has 0 fully saturated rings. The maximum Gasteiger partial charge on any atom is 0.337 e. The predicted octanol–water partition coefficient (Wildman–Crippen LogP) is 2.98. The van der Waals surface area contributed by atoms with Gasteiger partial charge in [-0.1, -0.05) is 18.1 Å². The predicted molar refractivity (Wildman–Crippen MR) is 101 cm³/mol. The van der Waals surface area contributed by atoms with Crippen LogP contribution in [0.2, 0.25) is 0 Å². The summed E-state index contributed by atoms with van der Waals surface area (Å²) in [6.45, 7) is 0.109. The molecule has 0 spiro atoms. The zero-order valence-electron chi connectivity index (χ0n) is 14.6. The highest BCUT2D eigenvalue weighted by atomic mass is 16.5. The van der Waals surface area contributed by atoms with Crippen LogP contribution >= 0.6 is 0 Å². The van der Waals surface area contributed by atoms with E-state index in [4.69, 9.17) is 15.9 Å². The molecule has 1 aliphatic carbocycles. The number of benzene rings is 2. The molecule has 0 heterocycles. The van der Waals surface area contributed by atoms with Crippen molar-refractivity contribution < 1.29 is 24.2 Å². The number of anilines is 1. The Morgan fingerprint density at radius 1 is 1.26 bits per heavy atom. The van der Waals surface area contributed by atoms with Crippen LogP contribution in [0.1, 0.15) is 21.5 Å². The SMILES string of the molecule is C#CCOc1cc2c(cc1OC)CC(C(=O)Nc1ccccc1C(=O)O)=C2. The molecule has 136 valence electrons. The van der Waals surface area contributed by atoms with E-state index in [0.717, 1.165) is 11.1 Å². The molecule has 0 aliphatic heterocycles. The third-order valence-electron chi connectivity index (χ3n) is 4.14. The van der Waals surface area contributed by atoms with E-state index < -0.39 is 5.97 Å². The Morgan fingerprint density at radius 3 is 2.74 bits per heavy atom. The highest BCUT2D eigenvalue weighted by Gasteiger charge is 2.22. The van der Waals surface area contributed by atoms with Gasteiger partial charge < -0.3 is 19.9 Å². The van der Waals surface area contributed by atoms with Gasteiger partial charge in [-0.15, -0.1) is 6.42 Å². The van der Waals surface area contributed by atoms with E-state index in [-0.39, 0.29) is 23.8 Å². The number of fused-ring (bicyclic) bond motifs is 1. The van der Waals surface area contributed by atoms with Gasteiger partial charge in [0.15, 0.2) is 11.5 Å². The molecule has 0 unspecified atom stereocenters. The summed E-state index contributed by atoms with van der Waals surface area (Å²) in [4.78, 5) is 23.9. The molecule has 1 aliphatic rings. The molecule has 6 heteroatoms. The normalized spacial score (nSPS) is 11.8. The number of carboxylic acids is 1. The minimum Gasteiger partial charge on any atom is -0.493 e. The lowest BCUT2D eigenvalue weighted by molar-refractivity contribution is -0.112. The smallest absolute Gasteiger partial charge is 0.337 e. The van der Waals surface area contributed by atoms with E-state index in [1.54, 1.807) is 30.3 Å². The van der Waals surface area contributed by atoms with Gasteiger partial charge in [-0.3, -0.25) is 4.79 Å². The molecule has 27 heavy (non-hydrogen) atoms. The summed E-state index contributed by atoms with van der Waals surface area (Å²) in [5.74, 6) is 1.98. The number of carbonyl (C=O) groups is 2. The quantitative estimate of drug-likeness (QED) is 0.771. The van der Waals surface area contributed by atoms with Crippen molar-refractivity contribution in [3.63, 3.8) is 0 Å². The molecule has 2 N–H and O–H groups in total. The van der Waals surface area contributed by atoms with Crippen molar-refractivity contribution in [1.29, 1.82) is 0 Å². The number of hydrogen-bond donors (Lipinski definition) is 2. The molecule has 0 bridgehead atoms. The highest BCUT2D eigenvalue weighted by molar-refractivity contribution is 6.10. The number of carbonyl (C=O) groups excluding carboxylic acids is 1. The van der Waals surface area contributed by atoms with Gasteiger partial charge in [0, 0.05) is 12.0 Å². The summed E-state index contributed by atoms with van der Waals surface area (Å²) in [6.07, 6.45) is 7.38. The second kappa shape index (κ2) is 7.67. The van der Waals surface area contributed by atoms with Crippen molar-refractivity contribution in [1.82, 2.24) is 0 Å². The molecule has 0 atom stereocenters. The number of terminal acetylenes is 1. The number of nitrogens with one attached hydrogen (secondary N) is 1. The first-order valence-corrected chi connectivity index (χ1v) is 8.15. The summed E-state index contributed by atoms with van der Waals surface area (Å²) in [7, 11) is 1.53. The van der Waals surface area contributed by atoms with Crippen molar-refractivity contribution >= 4 is 23.6 Å². The van der Waals surface area contributed by atoms with E-state index in [2.05, 4.69) is 11.2 Å². The van der Waals surface area contributed by atoms with Gasteiger partial charge in [0.25, 0.3) is 5.91 Å². The number of para-hydroxylation sites is 1. The van der Waals surface area contributed by atoms with Gasteiger partial charge in [-0.25, -0.2) is 4.79 Å². The Morgan fingerprint density at radius 2 is 2.04 bits per heavy atom. The second-order valence-electron chi connectivity index (χ2n) is 5.85. The number of ether oxygens (including phenoxy) is 2. The Hall–Kier alpha value is -3.72. The van der Waals surface area contributed by atoms with Gasteiger partial charge >= 0.3 is 5.97 Å². The van der Waals surface area contributed by atoms with Crippen LogP contribution in [0.15, 0.2) is 42.0 Å². The van der Waals surface area contributed by atoms with Crippen LogP contribution < -0.4 is 14.8 Å². The number of carboxylic acid groups (broad SMARTS) is 1. The molecule has 0 aromatic heterocycles. The number of amides is 1. The first kappa shape index (κ1) is 18.1. The number of aromatic carboxylic acids is 1. The molecule has 2 aromatic rings. The molecule has 0 radical (unpaired) electrons. The second-order valence-corrected chi connectivity index (χ2v) is 5.85. The lowest BCUT2D eigenvalue weighted by atomic mass is 10.1. The zero-order valence-corrected chi connectivity index (χ0v) is 14.6. The fraction of sp³-hybridized carbons (Fsp3) is 0.143. The van der Waals surface area contributed by atoms with Gasteiger partial charge in [0.05, 0.1) is 18.4 Å². The van der Waals surface area contributed by atoms with E-state index in [9.17, 15) is 14.7 Å². The Bertz CT molecular complexity index is 985. The maximum atomic E-state index is 12.6. The Kier molecular flexibility index (Phi) is 5.13. The largest absolute Gasteiger partial charge is 0.493 e. The van der Waals surface area contributed by atoms with E-state index >= 15 is 0 Å². The van der Waals surface area contributed by atoms with Crippen molar-refractivity contribution in [2.45, 2.75) is 6.42 Å². The number of hydrogen-bond acceptors (Lipinski definition) is 4. The van der Waals surface area contributed by atoms with Crippen LogP contribution in [-0.4, -0.2) is 30.7 Å². The third-order valence-corrected chi connectivity index (χ3v) is 4.14. The number of rotatable bonds is 6. The van der Waals surface area contributed by atoms with Gasteiger partial charge in [0.1, 0.15) is 6.61 Å². The van der Waals surface area contributed by atoms with Crippen LogP contribution in [0, 0.1) is 12.3 Å². The fourth-order valence-electron chi connectivity index (χ4n) is 2.87. The van der Waals surface area contributed by atoms with Crippen LogP contribution in [0.4, 0.5) is 5.69 Å². The minimum atomic E-state index is -1.10. The number of methoxy groups -OCH3 is 1. The molecular formula is C21H17NO5. The van der Waals surface area contributed by atoms with Crippen molar-refractivity contribution in [3.05, 3.63) is 58.7 Å². The lowest BCUT2D eigenvalue weighted by Crippen LogP contribution is -2.16. The van der Waals surface area contributed by atoms with E-state index in [1.165, 1.54) is 13.2 Å². The van der Waals surface area contributed by atoms with Gasteiger partial charge in [0.2, 0.25) is 0 Å². The maximum absolute atomic E-state index is 12.6. The fourth-order valence-corrected chi connectivity index (χ4v) is 2.87. The Balaban J connectivity index is 1.83. The Labute approximate surface area is 156 Å². The molecular weight excluding hydrogens is 346 g/mol. The minimum absolute atomic E-state index is 0.0357. The standard InChI is InChI=1S/C21H17NO5/c1-3-8-27-19-12-14-10-15(9-13(14)11-18(19)26-2)20(23)22-17-7-5-4-6-16(17)21(24)25/h1,4-7,10-12H,8-9H2,2H3,(H,22,23)(H,24,25). The molecule has 2 aromatic carbocycles. The van der Waals surface area contributed by atoms with E-state index in [0.29, 0.717) is 23.5 Å². The highest BCUT2D eigenvalue weighted by Crippen LogP contribution is 2.36. The van der Waals surface area contributed by atoms with E-state index in [1.807, 2.05) is 6.07 Å². The molecule has 0 saturated carbocycles. The third kappa shape index (κ3) is 3.77.